The maximum absolute atomic E-state index is 13.7. The Morgan fingerprint density at radius 1 is 1.17 bits per heavy atom. The van der Waals surface area contributed by atoms with Gasteiger partial charge in [-0.15, -0.1) is 0 Å². The summed E-state index contributed by atoms with van der Waals surface area (Å²) in [6.45, 7) is 5.28. The van der Waals surface area contributed by atoms with Crippen molar-refractivity contribution in [3.63, 3.8) is 0 Å². The van der Waals surface area contributed by atoms with Crippen molar-refractivity contribution in [1.82, 2.24) is 18.8 Å². The molecule has 3 aromatic rings. The zero-order valence-electron chi connectivity index (χ0n) is 23.6. The number of anilines is 1. The van der Waals surface area contributed by atoms with Crippen molar-refractivity contribution in [3.8, 4) is 5.75 Å². The highest BCUT2D eigenvalue weighted by atomic mass is 32.2. The number of sulfonamides is 2. The van der Waals surface area contributed by atoms with Gasteiger partial charge in [0.1, 0.15) is 11.9 Å². The van der Waals surface area contributed by atoms with Crippen LogP contribution < -0.4 is 9.46 Å². The van der Waals surface area contributed by atoms with Crippen LogP contribution in [0.3, 0.4) is 0 Å². The van der Waals surface area contributed by atoms with Crippen LogP contribution in [0.5, 0.6) is 5.75 Å². The lowest BCUT2D eigenvalue weighted by Gasteiger charge is -2.38. The summed E-state index contributed by atoms with van der Waals surface area (Å²) < 4.78 is 63.7. The number of hydrogen-bond donors (Lipinski definition) is 2. The number of aryl methyl sites for hydroxylation is 2. The molecule has 0 saturated carbocycles. The van der Waals surface area contributed by atoms with Crippen LogP contribution in [0.1, 0.15) is 29.8 Å². The normalized spacial score (nSPS) is 18.8. The lowest BCUT2D eigenvalue weighted by Crippen LogP contribution is -2.50. The zero-order chi connectivity index (χ0) is 30.1. The minimum atomic E-state index is -4.03. The largest absolute Gasteiger partial charge is 0.488 e. The first kappa shape index (κ1) is 30.5. The van der Waals surface area contributed by atoms with Crippen LogP contribution in [-0.4, -0.2) is 85.5 Å². The Hall–Kier alpha value is -3.46. The van der Waals surface area contributed by atoms with Gasteiger partial charge < -0.3 is 19.3 Å². The molecular weight excluding hydrogens is 570 g/mol. The average Bonchev–Trinajstić information content (AvgIpc) is 3.38. The Kier molecular flexibility index (Phi) is 8.78. The number of benzene rings is 2. The zero-order valence-corrected chi connectivity index (χ0v) is 25.2. The summed E-state index contributed by atoms with van der Waals surface area (Å²) in [4.78, 5) is 19.2. The second-order valence-corrected chi connectivity index (χ2v) is 14.1. The maximum Gasteiger partial charge on any atom is 0.280 e. The number of imidazole rings is 1. The minimum Gasteiger partial charge on any atom is -0.488 e. The fraction of sp³-hybridized carbons (Fsp3) is 0.407. The summed E-state index contributed by atoms with van der Waals surface area (Å²) in [5.74, 6) is -0.603. The van der Waals surface area contributed by atoms with Crippen LogP contribution in [0.4, 0.5) is 5.69 Å². The van der Waals surface area contributed by atoms with Gasteiger partial charge >= 0.3 is 0 Å². The van der Waals surface area contributed by atoms with Crippen molar-refractivity contribution in [2.24, 2.45) is 13.0 Å². The molecule has 1 aliphatic heterocycles. The summed E-state index contributed by atoms with van der Waals surface area (Å²) in [5, 5.41) is 9.70. The number of likely N-dealkylation sites (N-methyl/N-ethyl adjacent to an activating group) is 1. The summed E-state index contributed by atoms with van der Waals surface area (Å²) in [6, 6.07) is 10.3. The molecule has 0 saturated heterocycles. The number of carbonyl (C=O) groups is 1. The molecule has 41 heavy (non-hydrogen) atoms. The van der Waals surface area contributed by atoms with Gasteiger partial charge in [-0.1, -0.05) is 24.6 Å². The number of nitrogens with zero attached hydrogens (tertiary/aromatic N) is 4. The summed E-state index contributed by atoms with van der Waals surface area (Å²) >= 11 is 0. The van der Waals surface area contributed by atoms with E-state index in [4.69, 9.17) is 4.74 Å². The highest BCUT2D eigenvalue weighted by Gasteiger charge is 2.35. The van der Waals surface area contributed by atoms with Crippen LogP contribution in [0, 0.1) is 12.8 Å². The van der Waals surface area contributed by atoms with E-state index in [0.717, 1.165) is 5.56 Å². The fourth-order valence-electron chi connectivity index (χ4n) is 4.48. The molecule has 3 atom stereocenters. The molecule has 12 nitrogen and oxygen atoms in total. The molecule has 1 aromatic heterocycles. The number of ether oxygens (including phenoxy) is 1. The van der Waals surface area contributed by atoms with Crippen LogP contribution >= 0.6 is 0 Å². The molecular formula is C27H35N5O7S2. The van der Waals surface area contributed by atoms with Crippen molar-refractivity contribution < 1.29 is 31.5 Å². The third-order valence-corrected chi connectivity index (χ3v) is 10.1. The maximum atomic E-state index is 13.7. The van der Waals surface area contributed by atoms with Gasteiger partial charge in [-0.25, -0.2) is 13.4 Å². The number of fused-ring (bicyclic) bond motifs is 1. The van der Waals surface area contributed by atoms with Gasteiger partial charge in [-0.3, -0.25) is 9.52 Å². The number of aliphatic hydroxyl groups excluding tert-OH is 1. The highest BCUT2D eigenvalue weighted by Crippen LogP contribution is 2.32. The summed E-state index contributed by atoms with van der Waals surface area (Å²) in [5.41, 5.74) is 1.13. The minimum absolute atomic E-state index is 0.0135. The standard InChI is InChI=1S/C27H35N5O7S2/c1-18-6-9-22(10-7-18)41(37,38)31(5)14-25-19(2)13-32(20(3)16-33)27(34)23-12-21(8-11-24(23)39-25)29-40(35,36)26-15-30(4)17-28-26/h6-12,15,17,19-20,25,29,33H,13-14,16H2,1-5H3/t19-,20+,25+/m0/s1. The van der Waals surface area contributed by atoms with E-state index in [1.807, 2.05) is 13.8 Å². The molecule has 0 spiro atoms. The Morgan fingerprint density at radius 3 is 2.46 bits per heavy atom. The van der Waals surface area contributed by atoms with Gasteiger partial charge in [0.15, 0.2) is 5.03 Å². The summed E-state index contributed by atoms with van der Waals surface area (Å²) in [6.07, 6.45) is 2.04. The topological polar surface area (TPSA) is 151 Å². The van der Waals surface area contributed by atoms with Gasteiger partial charge in [0.05, 0.1) is 36.0 Å². The van der Waals surface area contributed by atoms with E-state index in [-0.39, 0.29) is 52.5 Å². The quantitative estimate of drug-likeness (QED) is 0.376. The van der Waals surface area contributed by atoms with Gasteiger partial charge in [-0.05, 0) is 44.2 Å². The molecule has 0 unspecified atom stereocenters. The van der Waals surface area contributed by atoms with Gasteiger partial charge in [0, 0.05) is 38.4 Å². The van der Waals surface area contributed by atoms with Crippen LogP contribution in [0.15, 0.2) is 64.9 Å². The highest BCUT2D eigenvalue weighted by molar-refractivity contribution is 7.92. The van der Waals surface area contributed by atoms with Crippen molar-refractivity contribution in [2.75, 3.05) is 31.5 Å². The van der Waals surface area contributed by atoms with E-state index in [1.54, 1.807) is 38.2 Å². The lowest BCUT2D eigenvalue weighted by atomic mass is 9.99. The number of aliphatic hydroxyl groups is 1. The molecule has 0 fully saturated rings. The molecule has 0 radical (unpaired) electrons. The molecule has 0 aliphatic carbocycles. The average molecular weight is 606 g/mol. The number of nitrogens with one attached hydrogen (secondary N) is 1. The van der Waals surface area contributed by atoms with Crippen molar-refractivity contribution in [1.29, 1.82) is 0 Å². The fourth-order valence-corrected chi connectivity index (χ4v) is 6.70. The molecule has 1 amide bonds. The smallest absolute Gasteiger partial charge is 0.280 e. The lowest BCUT2D eigenvalue weighted by molar-refractivity contribution is 0.0387. The first-order chi connectivity index (χ1) is 19.2. The second kappa shape index (κ2) is 11.8. The molecule has 14 heteroatoms. The van der Waals surface area contributed by atoms with Crippen LogP contribution in [-0.2, 0) is 27.1 Å². The number of aromatic nitrogens is 2. The van der Waals surface area contributed by atoms with Crippen molar-refractivity contribution in [2.45, 2.75) is 42.8 Å². The van der Waals surface area contributed by atoms with E-state index < -0.39 is 38.1 Å². The second-order valence-electron chi connectivity index (χ2n) is 10.4. The predicted molar refractivity (Wildman–Crippen MR) is 153 cm³/mol. The SMILES string of the molecule is Cc1ccc(S(=O)(=O)N(C)C[C@H]2Oc3ccc(NS(=O)(=O)c4cn(C)cn4)cc3C(=O)N([C@H](C)CO)C[C@@H]2C)cc1. The molecule has 222 valence electrons. The van der Waals surface area contributed by atoms with Crippen molar-refractivity contribution >= 4 is 31.6 Å². The first-order valence-corrected chi connectivity index (χ1v) is 15.9. The molecule has 2 N–H and O–H groups in total. The molecule has 1 aliphatic rings. The monoisotopic (exact) mass is 605 g/mol. The number of hydrogen-bond acceptors (Lipinski definition) is 8. The molecule has 2 heterocycles. The molecule has 2 aromatic carbocycles. The van der Waals surface area contributed by atoms with E-state index in [0.29, 0.717) is 0 Å². The number of amides is 1. The van der Waals surface area contributed by atoms with E-state index in [9.17, 15) is 26.7 Å². The van der Waals surface area contributed by atoms with Gasteiger partial charge in [0.25, 0.3) is 15.9 Å². The number of carbonyl (C=O) groups excluding carboxylic acids is 1. The molecule has 4 rings (SSSR count). The van der Waals surface area contributed by atoms with Gasteiger partial charge in [-0.2, -0.15) is 12.7 Å². The Bertz CT molecular complexity index is 1620. The Labute approximate surface area is 240 Å². The van der Waals surface area contributed by atoms with E-state index >= 15 is 0 Å². The van der Waals surface area contributed by atoms with E-state index in [1.165, 1.54) is 51.5 Å². The van der Waals surface area contributed by atoms with Crippen molar-refractivity contribution in [3.05, 3.63) is 66.1 Å². The molecule has 0 bridgehead atoms. The van der Waals surface area contributed by atoms with Crippen LogP contribution in [0.2, 0.25) is 0 Å². The Balaban J connectivity index is 1.68. The number of rotatable bonds is 9. The predicted octanol–water partition coefficient (Wildman–Crippen LogP) is 2.07. The van der Waals surface area contributed by atoms with Crippen LogP contribution in [0.25, 0.3) is 0 Å². The van der Waals surface area contributed by atoms with E-state index in [2.05, 4.69) is 9.71 Å². The van der Waals surface area contributed by atoms with Gasteiger partial charge in [0.2, 0.25) is 10.0 Å². The third kappa shape index (κ3) is 6.56. The third-order valence-electron chi connectivity index (χ3n) is 7.04. The Morgan fingerprint density at radius 2 is 1.85 bits per heavy atom. The first-order valence-electron chi connectivity index (χ1n) is 13.0. The summed E-state index contributed by atoms with van der Waals surface area (Å²) in [7, 11) is -4.74.